The molecule has 110 valence electrons. The lowest BCUT2D eigenvalue weighted by Gasteiger charge is -2.17. The normalized spacial score (nSPS) is 14.5. The van der Waals surface area contributed by atoms with Crippen molar-refractivity contribution >= 4 is 0 Å². The van der Waals surface area contributed by atoms with E-state index in [4.69, 9.17) is 4.74 Å². The van der Waals surface area contributed by atoms with Crippen LogP contribution in [-0.2, 0) is 12.8 Å². The lowest BCUT2D eigenvalue weighted by molar-refractivity contribution is 0.356. The zero-order chi connectivity index (χ0) is 14.5. The topological polar surface area (TPSA) is 21.3 Å². The van der Waals surface area contributed by atoms with E-state index in [9.17, 15) is 0 Å². The Kier molecular flexibility index (Phi) is 4.56. The van der Waals surface area contributed by atoms with Gasteiger partial charge in [0.2, 0.25) is 0 Å². The van der Waals surface area contributed by atoms with Crippen LogP contribution in [0.5, 0.6) is 5.75 Å². The first-order valence-corrected chi connectivity index (χ1v) is 7.83. The van der Waals surface area contributed by atoms with Crippen molar-refractivity contribution in [2.75, 3.05) is 13.7 Å². The number of hydrogen-bond donors (Lipinski definition) is 1. The van der Waals surface area contributed by atoms with Crippen molar-refractivity contribution < 1.29 is 4.74 Å². The van der Waals surface area contributed by atoms with Crippen molar-refractivity contribution in [3.05, 3.63) is 65.2 Å². The fourth-order valence-electron chi connectivity index (χ4n) is 3.06. The molecular formula is C19H23NO. The highest BCUT2D eigenvalue weighted by Gasteiger charge is 2.15. The molecule has 2 heteroatoms. The van der Waals surface area contributed by atoms with Crippen molar-refractivity contribution in [3.8, 4) is 5.75 Å². The van der Waals surface area contributed by atoms with E-state index in [-0.39, 0.29) is 0 Å². The lowest BCUT2D eigenvalue weighted by atomic mass is 9.97. The van der Waals surface area contributed by atoms with E-state index in [1.54, 1.807) is 0 Å². The van der Waals surface area contributed by atoms with Gasteiger partial charge in [-0.25, -0.2) is 0 Å². The van der Waals surface area contributed by atoms with Gasteiger partial charge in [-0.1, -0.05) is 42.5 Å². The highest BCUT2D eigenvalue weighted by Crippen LogP contribution is 2.29. The summed E-state index contributed by atoms with van der Waals surface area (Å²) in [4.78, 5) is 0. The lowest BCUT2D eigenvalue weighted by Crippen LogP contribution is -2.16. The summed E-state index contributed by atoms with van der Waals surface area (Å²) in [6.45, 7) is 0.830. The Bertz CT molecular complexity index is 579. The third-order valence-corrected chi connectivity index (χ3v) is 4.27. The van der Waals surface area contributed by atoms with Crippen LogP contribution in [0, 0.1) is 0 Å². The van der Waals surface area contributed by atoms with Crippen LogP contribution < -0.4 is 10.1 Å². The maximum atomic E-state index is 5.59. The van der Waals surface area contributed by atoms with Gasteiger partial charge in [-0.15, -0.1) is 0 Å². The molecule has 0 aliphatic carbocycles. The van der Waals surface area contributed by atoms with Crippen molar-refractivity contribution in [2.24, 2.45) is 0 Å². The first-order valence-electron chi connectivity index (χ1n) is 7.83. The van der Waals surface area contributed by atoms with Gasteiger partial charge in [-0.05, 0) is 49.1 Å². The van der Waals surface area contributed by atoms with Crippen LogP contribution in [0.25, 0.3) is 0 Å². The molecule has 0 aromatic heterocycles. The maximum Gasteiger partial charge on any atom is 0.122 e. The molecule has 0 saturated carbocycles. The number of rotatable bonds is 6. The van der Waals surface area contributed by atoms with E-state index >= 15 is 0 Å². The average Bonchev–Trinajstić information content (AvgIpc) is 3.00. The Morgan fingerprint density at radius 2 is 2.00 bits per heavy atom. The molecule has 0 radical (unpaired) electrons. The smallest absolute Gasteiger partial charge is 0.122 e. The molecule has 3 rings (SSSR count). The molecule has 0 spiro atoms. The van der Waals surface area contributed by atoms with Crippen molar-refractivity contribution in [3.63, 3.8) is 0 Å². The Balaban J connectivity index is 1.60. The summed E-state index contributed by atoms with van der Waals surface area (Å²) in [5.41, 5.74) is 4.17. The summed E-state index contributed by atoms with van der Waals surface area (Å²) >= 11 is 0. The molecule has 1 atom stereocenters. The molecule has 21 heavy (non-hydrogen) atoms. The van der Waals surface area contributed by atoms with Crippen molar-refractivity contribution in [2.45, 2.75) is 31.7 Å². The van der Waals surface area contributed by atoms with Crippen LogP contribution in [0.1, 0.15) is 35.6 Å². The Labute approximate surface area is 127 Å². The largest absolute Gasteiger partial charge is 0.493 e. The molecule has 1 heterocycles. The molecule has 1 aliphatic heterocycles. The summed E-state index contributed by atoms with van der Waals surface area (Å²) in [7, 11) is 2.05. The predicted octanol–water partition coefficient (Wildman–Crippen LogP) is 3.90. The fourth-order valence-corrected chi connectivity index (χ4v) is 3.06. The third kappa shape index (κ3) is 3.45. The Morgan fingerprint density at radius 3 is 2.81 bits per heavy atom. The van der Waals surface area contributed by atoms with E-state index in [0.29, 0.717) is 6.04 Å². The summed E-state index contributed by atoms with van der Waals surface area (Å²) in [6, 6.07) is 17.8. The molecule has 0 amide bonds. The van der Waals surface area contributed by atoms with Gasteiger partial charge in [0, 0.05) is 12.5 Å². The minimum atomic E-state index is 0.430. The molecule has 2 aromatic rings. The van der Waals surface area contributed by atoms with Gasteiger partial charge in [0.25, 0.3) is 0 Å². The number of benzene rings is 2. The van der Waals surface area contributed by atoms with Gasteiger partial charge < -0.3 is 10.1 Å². The molecular weight excluding hydrogens is 258 g/mol. The monoisotopic (exact) mass is 281 g/mol. The number of fused-ring (bicyclic) bond motifs is 1. The van der Waals surface area contributed by atoms with Crippen LogP contribution in [0.15, 0.2) is 48.5 Å². The highest BCUT2D eigenvalue weighted by atomic mass is 16.5. The molecule has 1 N–H and O–H groups in total. The summed E-state index contributed by atoms with van der Waals surface area (Å²) in [5.74, 6) is 1.07. The van der Waals surface area contributed by atoms with Gasteiger partial charge in [0.05, 0.1) is 6.61 Å². The zero-order valence-corrected chi connectivity index (χ0v) is 12.6. The second-order valence-electron chi connectivity index (χ2n) is 5.68. The molecule has 2 nitrogen and oxygen atoms in total. The van der Waals surface area contributed by atoms with Crippen molar-refractivity contribution in [1.82, 2.24) is 5.32 Å². The van der Waals surface area contributed by atoms with Gasteiger partial charge in [-0.2, -0.15) is 0 Å². The average molecular weight is 281 g/mol. The van der Waals surface area contributed by atoms with E-state index in [0.717, 1.165) is 31.6 Å². The second kappa shape index (κ2) is 6.77. The fraction of sp³-hybridized carbons (Fsp3) is 0.368. The number of aryl methyl sites for hydroxylation is 1. The van der Waals surface area contributed by atoms with Crippen LogP contribution in [0.4, 0.5) is 0 Å². The van der Waals surface area contributed by atoms with Gasteiger partial charge >= 0.3 is 0 Å². The Morgan fingerprint density at radius 1 is 1.14 bits per heavy atom. The summed E-state index contributed by atoms with van der Waals surface area (Å²) < 4.78 is 5.59. The van der Waals surface area contributed by atoms with E-state index < -0.39 is 0 Å². The van der Waals surface area contributed by atoms with E-state index in [1.807, 2.05) is 0 Å². The standard InChI is InChI=1S/C19H23NO/c1-20-18(9-5-8-15-6-3-2-4-7-15)16-10-11-19-17(14-16)12-13-21-19/h2-4,6-7,10-11,14,18,20H,5,8-9,12-13H2,1H3. The highest BCUT2D eigenvalue weighted by molar-refractivity contribution is 5.40. The van der Waals surface area contributed by atoms with Crippen molar-refractivity contribution in [1.29, 1.82) is 0 Å². The first kappa shape index (κ1) is 14.2. The van der Waals surface area contributed by atoms with E-state index in [1.165, 1.54) is 23.1 Å². The minimum Gasteiger partial charge on any atom is -0.493 e. The molecule has 1 unspecified atom stereocenters. The van der Waals surface area contributed by atoms with E-state index in [2.05, 4.69) is 60.9 Å². The number of nitrogens with one attached hydrogen (secondary N) is 1. The predicted molar refractivity (Wildman–Crippen MR) is 86.8 cm³/mol. The van der Waals surface area contributed by atoms with Crippen LogP contribution >= 0.6 is 0 Å². The molecule has 2 aromatic carbocycles. The zero-order valence-electron chi connectivity index (χ0n) is 12.6. The number of hydrogen-bond acceptors (Lipinski definition) is 2. The molecule has 0 bridgehead atoms. The third-order valence-electron chi connectivity index (χ3n) is 4.27. The van der Waals surface area contributed by atoms with Gasteiger partial charge in [0.1, 0.15) is 5.75 Å². The molecule has 1 aliphatic rings. The summed E-state index contributed by atoms with van der Waals surface area (Å²) in [6.07, 6.45) is 4.55. The molecule has 0 fully saturated rings. The minimum absolute atomic E-state index is 0.430. The van der Waals surface area contributed by atoms with Gasteiger partial charge in [-0.3, -0.25) is 0 Å². The second-order valence-corrected chi connectivity index (χ2v) is 5.68. The Hall–Kier alpha value is -1.80. The first-order chi connectivity index (χ1) is 10.4. The molecule has 0 saturated heterocycles. The number of ether oxygens (including phenoxy) is 1. The van der Waals surface area contributed by atoms with Crippen LogP contribution in [0.3, 0.4) is 0 Å². The SMILES string of the molecule is CNC(CCCc1ccccc1)c1ccc2c(c1)CCO2. The van der Waals surface area contributed by atoms with Gasteiger partial charge in [0.15, 0.2) is 0 Å². The summed E-state index contributed by atoms with van der Waals surface area (Å²) in [5, 5.41) is 3.45. The maximum absolute atomic E-state index is 5.59. The quantitative estimate of drug-likeness (QED) is 0.867. The van der Waals surface area contributed by atoms with Crippen LogP contribution in [-0.4, -0.2) is 13.7 Å². The van der Waals surface area contributed by atoms with Crippen LogP contribution in [0.2, 0.25) is 0 Å².